The van der Waals surface area contributed by atoms with Crippen molar-refractivity contribution in [1.82, 2.24) is 9.97 Å². The summed E-state index contributed by atoms with van der Waals surface area (Å²) in [6.07, 6.45) is 1.25. The van der Waals surface area contributed by atoms with Gasteiger partial charge in [0, 0.05) is 21.2 Å². The van der Waals surface area contributed by atoms with Crippen molar-refractivity contribution < 1.29 is 0 Å². The van der Waals surface area contributed by atoms with Crippen LogP contribution in [0, 0.1) is 0 Å². The molecule has 0 saturated carbocycles. The van der Waals surface area contributed by atoms with Gasteiger partial charge >= 0.3 is 0 Å². The summed E-state index contributed by atoms with van der Waals surface area (Å²) >= 11 is 1.77. The summed E-state index contributed by atoms with van der Waals surface area (Å²) < 4.78 is 2.37. The van der Waals surface area contributed by atoms with E-state index in [4.69, 9.17) is 9.97 Å². The number of hydrogen-bond donors (Lipinski definition) is 0. The second-order valence-electron chi connectivity index (χ2n) is 10.1. The highest BCUT2D eigenvalue weighted by Crippen LogP contribution is 2.41. The van der Waals surface area contributed by atoms with Gasteiger partial charge in [-0.3, -0.25) is 0 Å². The number of thiophene rings is 1. The molecule has 2 nitrogen and oxygen atoms in total. The maximum Gasteiger partial charge on any atom is 0.160 e. The van der Waals surface area contributed by atoms with E-state index < -0.39 is 0 Å². The SMILES string of the molecule is CCC.c1ccc(-c2nc(-c3ccc4c5ccccc5c5ccccc5c4c3)nc3c2sc2ccccc23)cc1. The van der Waals surface area contributed by atoms with Gasteiger partial charge in [-0.2, -0.15) is 0 Å². The third-order valence-corrected chi connectivity index (χ3v) is 8.44. The van der Waals surface area contributed by atoms with E-state index in [1.165, 1.54) is 48.8 Å². The predicted molar refractivity (Wildman–Crippen MR) is 174 cm³/mol. The van der Waals surface area contributed by atoms with Crippen LogP contribution in [0.2, 0.25) is 0 Å². The Kier molecular flexibility index (Phi) is 6.22. The minimum Gasteiger partial charge on any atom is -0.226 e. The normalized spacial score (nSPS) is 11.3. The van der Waals surface area contributed by atoms with Crippen LogP contribution < -0.4 is 0 Å². The van der Waals surface area contributed by atoms with Crippen molar-refractivity contribution in [2.45, 2.75) is 20.3 Å². The molecule has 0 atom stereocenters. The van der Waals surface area contributed by atoms with Crippen molar-refractivity contribution in [3.05, 3.63) is 121 Å². The Morgan fingerprint density at radius 1 is 0.500 bits per heavy atom. The predicted octanol–water partition coefficient (Wildman–Crippen LogP) is 11.1. The molecule has 192 valence electrons. The molecule has 0 bridgehead atoms. The quantitative estimate of drug-likeness (QED) is 0.207. The lowest BCUT2D eigenvalue weighted by molar-refractivity contribution is 1.09. The molecule has 0 radical (unpaired) electrons. The van der Waals surface area contributed by atoms with Crippen LogP contribution in [0.25, 0.3) is 75.3 Å². The van der Waals surface area contributed by atoms with Crippen LogP contribution in [-0.2, 0) is 0 Å². The molecule has 0 aliphatic carbocycles. The van der Waals surface area contributed by atoms with Gasteiger partial charge in [0.1, 0.15) is 0 Å². The molecule has 0 unspecified atom stereocenters. The molecular formula is C37H28N2S. The van der Waals surface area contributed by atoms with Crippen LogP contribution in [0.3, 0.4) is 0 Å². The van der Waals surface area contributed by atoms with Gasteiger partial charge in [0.25, 0.3) is 0 Å². The van der Waals surface area contributed by atoms with E-state index in [0.29, 0.717) is 0 Å². The number of benzene rings is 6. The second kappa shape index (κ2) is 10.2. The first kappa shape index (κ1) is 24.4. The van der Waals surface area contributed by atoms with Crippen LogP contribution in [-0.4, -0.2) is 9.97 Å². The van der Waals surface area contributed by atoms with E-state index in [-0.39, 0.29) is 0 Å². The first-order valence-corrected chi connectivity index (χ1v) is 14.7. The number of hydrogen-bond acceptors (Lipinski definition) is 3. The first-order chi connectivity index (χ1) is 19.8. The lowest BCUT2D eigenvalue weighted by atomic mass is 9.93. The van der Waals surface area contributed by atoms with Gasteiger partial charge < -0.3 is 0 Å². The summed E-state index contributed by atoms with van der Waals surface area (Å²) in [5.74, 6) is 0.758. The maximum atomic E-state index is 5.19. The first-order valence-electron chi connectivity index (χ1n) is 13.8. The van der Waals surface area contributed by atoms with E-state index in [9.17, 15) is 0 Å². The molecule has 40 heavy (non-hydrogen) atoms. The highest BCUT2D eigenvalue weighted by molar-refractivity contribution is 7.26. The average molecular weight is 533 g/mol. The van der Waals surface area contributed by atoms with Gasteiger partial charge in [0.2, 0.25) is 0 Å². The Bertz CT molecular complexity index is 2120. The largest absolute Gasteiger partial charge is 0.226 e. The van der Waals surface area contributed by atoms with E-state index in [1.807, 2.05) is 6.07 Å². The van der Waals surface area contributed by atoms with E-state index in [0.717, 1.165) is 32.9 Å². The second-order valence-corrected chi connectivity index (χ2v) is 11.1. The molecule has 8 aromatic rings. The van der Waals surface area contributed by atoms with Gasteiger partial charge in [-0.25, -0.2) is 9.97 Å². The molecule has 3 heteroatoms. The van der Waals surface area contributed by atoms with E-state index in [2.05, 4.69) is 129 Å². The Balaban J connectivity index is 0.000000846. The number of fused-ring (bicyclic) bond motifs is 9. The fourth-order valence-electron chi connectivity index (χ4n) is 5.56. The Morgan fingerprint density at radius 3 is 1.68 bits per heavy atom. The van der Waals surface area contributed by atoms with Crippen molar-refractivity contribution in [3.8, 4) is 22.6 Å². The summed E-state index contributed by atoms with van der Waals surface area (Å²) in [5.41, 5.74) is 4.15. The summed E-state index contributed by atoms with van der Waals surface area (Å²) in [4.78, 5) is 10.4. The topological polar surface area (TPSA) is 25.8 Å². The van der Waals surface area contributed by atoms with Crippen molar-refractivity contribution in [3.63, 3.8) is 0 Å². The van der Waals surface area contributed by atoms with Gasteiger partial charge in [-0.15, -0.1) is 11.3 Å². The lowest BCUT2D eigenvalue weighted by Crippen LogP contribution is -1.94. The zero-order valence-electron chi connectivity index (χ0n) is 22.6. The van der Waals surface area contributed by atoms with E-state index in [1.54, 1.807) is 11.3 Å². The molecule has 0 saturated heterocycles. The van der Waals surface area contributed by atoms with Crippen LogP contribution in [0.1, 0.15) is 20.3 Å². The molecule has 2 aromatic heterocycles. The van der Waals surface area contributed by atoms with Crippen molar-refractivity contribution >= 4 is 64.0 Å². The van der Waals surface area contributed by atoms with E-state index >= 15 is 0 Å². The maximum absolute atomic E-state index is 5.19. The summed E-state index contributed by atoms with van der Waals surface area (Å²) in [6.45, 7) is 4.25. The third kappa shape index (κ3) is 4.02. The van der Waals surface area contributed by atoms with Crippen LogP contribution in [0.4, 0.5) is 0 Å². The molecule has 8 rings (SSSR count). The van der Waals surface area contributed by atoms with Gasteiger partial charge in [0.15, 0.2) is 5.82 Å². The molecule has 2 heterocycles. The fraction of sp³-hybridized carbons (Fsp3) is 0.0811. The molecule has 0 aliphatic heterocycles. The molecular weight excluding hydrogens is 504 g/mol. The average Bonchev–Trinajstić information content (AvgIpc) is 3.40. The highest BCUT2D eigenvalue weighted by atomic mass is 32.1. The summed E-state index contributed by atoms with van der Waals surface area (Å²) in [5, 5.41) is 8.74. The molecule has 0 aliphatic rings. The van der Waals surface area contributed by atoms with Gasteiger partial charge in [0.05, 0.1) is 15.9 Å². The zero-order valence-corrected chi connectivity index (χ0v) is 23.4. The highest BCUT2D eigenvalue weighted by Gasteiger charge is 2.17. The Labute approximate surface area is 237 Å². The standard InChI is InChI=1S/C34H20N2S.C3H8/c1-2-10-21(11-3-1)31-33-32(28-16-8-9-17-30(28)37-33)36-34(35-31)22-18-19-27-25-14-5-4-12-23(25)24-13-6-7-15-26(24)29(27)20-22;1-3-2/h1-20H;3H2,1-2H3. The lowest BCUT2D eigenvalue weighted by Gasteiger charge is -2.12. The smallest absolute Gasteiger partial charge is 0.160 e. The van der Waals surface area contributed by atoms with Crippen molar-refractivity contribution in [1.29, 1.82) is 0 Å². The Morgan fingerprint density at radius 2 is 1.02 bits per heavy atom. The van der Waals surface area contributed by atoms with Crippen molar-refractivity contribution in [2.24, 2.45) is 0 Å². The van der Waals surface area contributed by atoms with Crippen LogP contribution >= 0.6 is 11.3 Å². The minimum absolute atomic E-state index is 0.758. The molecule has 0 amide bonds. The summed E-state index contributed by atoms with van der Waals surface area (Å²) in [6, 6.07) is 43.0. The van der Waals surface area contributed by atoms with Crippen molar-refractivity contribution in [2.75, 3.05) is 0 Å². The zero-order chi connectivity index (χ0) is 27.1. The molecule has 6 aromatic carbocycles. The van der Waals surface area contributed by atoms with Crippen LogP contribution in [0.15, 0.2) is 121 Å². The number of nitrogens with zero attached hydrogens (tertiary/aromatic N) is 2. The third-order valence-electron chi connectivity index (χ3n) is 7.27. The molecule has 0 spiro atoms. The number of aromatic nitrogens is 2. The number of rotatable bonds is 2. The fourth-order valence-corrected chi connectivity index (χ4v) is 6.71. The van der Waals surface area contributed by atoms with Gasteiger partial charge in [-0.1, -0.05) is 129 Å². The minimum atomic E-state index is 0.758. The molecule has 0 fully saturated rings. The Hall–Kier alpha value is -4.60. The van der Waals surface area contributed by atoms with Crippen LogP contribution in [0.5, 0.6) is 0 Å². The summed E-state index contributed by atoms with van der Waals surface area (Å²) in [7, 11) is 0. The van der Waals surface area contributed by atoms with Gasteiger partial charge in [-0.05, 0) is 44.5 Å². The molecule has 0 N–H and O–H groups in total. The monoisotopic (exact) mass is 532 g/mol.